The second-order valence-electron chi connectivity index (χ2n) is 12.9. The van der Waals surface area contributed by atoms with Crippen molar-refractivity contribution in [2.24, 2.45) is 11.8 Å². The van der Waals surface area contributed by atoms with Crippen LogP contribution in [0.1, 0.15) is 56.3 Å². The number of likely N-dealkylation sites (tertiary alicyclic amines) is 1. The zero-order valence-electron chi connectivity index (χ0n) is 27.4. The number of hydrogen-bond donors (Lipinski definition) is 2. The lowest BCUT2D eigenvalue weighted by atomic mass is 9.70. The van der Waals surface area contributed by atoms with Crippen molar-refractivity contribution in [3.8, 4) is 0 Å². The van der Waals surface area contributed by atoms with E-state index < -0.39 is 66.1 Å². The molecule has 2 aromatic carbocycles. The summed E-state index contributed by atoms with van der Waals surface area (Å²) >= 11 is 3.73. The Kier molecular flexibility index (Phi) is 11.2. The molecule has 0 radical (unpaired) electrons. The third-order valence-electron chi connectivity index (χ3n) is 9.67. The summed E-state index contributed by atoms with van der Waals surface area (Å²) in [5.41, 5.74) is 0.0614. The molecule has 5 rings (SSSR count). The van der Waals surface area contributed by atoms with Gasteiger partial charge in [0.2, 0.25) is 17.7 Å². The monoisotopic (exact) mass is 721 g/mol. The smallest absolute Gasteiger partial charge is 0.306 e. The minimum atomic E-state index is -1.33. The fourth-order valence-electron chi connectivity index (χ4n) is 7.51. The van der Waals surface area contributed by atoms with E-state index in [1.54, 1.807) is 17.1 Å². The Morgan fingerprint density at radius 1 is 1.10 bits per heavy atom. The maximum Gasteiger partial charge on any atom is 0.306 e. The number of aliphatic hydroxyl groups excluding tert-OH is 1. The lowest BCUT2D eigenvalue weighted by Gasteiger charge is -2.40. The maximum atomic E-state index is 14.8. The Labute approximate surface area is 290 Å². The van der Waals surface area contributed by atoms with Gasteiger partial charge in [-0.1, -0.05) is 88.7 Å². The van der Waals surface area contributed by atoms with Crippen LogP contribution in [-0.2, 0) is 28.7 Å². The number of aliphatic hydroxyl groups is 1. The minimum Gasteiger partial charge on any atom is -0.463 e. The number of hydrogen-bond acceptors (Lipinski definition) is 7. The average molecular weight is 723 g/mol. The van der Waals surface area contributed by atoms with Crippen molar-refractivity contribution in [1.29, 1.82) is 0 Å². The first-order valence-corrected chi connectivity index (χ1v) is 17.3. The van der Waals surface area contributed by atoms with Gasteiger partial charge in [-0.3, -0.25) is 19.2 Å². The lowest BCUT2D eigenvalue weighted by Crippen LogP contribution is -2.58. The molecule has 0 aromatic heterocycles. The van der Waals surface area contributed by atoms with Gasteiger partial charge in [0, 0.05) is 23.8 Å². The Hall–Kier alpha value is -3.80. The summed E-state index contributed by atoms with van der Waals surface area (Å²) < 4.78 is 12.3. The Balaban J connectivity index is 1.53. The van der Waals surface area contributed by atoms with Crippen LogP contribution in [0.4, 0.5) is 0 Å². The molecule has 0 saturated carbocycles. The van der Waals surface area contributed by atoms with Gasteiger partial charge >= 0.3 is 5.97 Å². The number of halogens is 1. The number of alkyl halides is 1. The second-order valence-corrected chi connectivity index (χ2v) is 14.0. The molecule has 3 aliphatic heterocycles. The number of nitrogens with zero attached hydrogens (tertiary/aromatic N) is 2. The standard InChI is InChI=1S/C37H44BrN3O7/c1-5-7-18-29(43)47-22-27(24-14-10-8-11-15-24)39-34(44)30-31-35(45)41(28(21-42)25-16-12-9-13-17-25)33(36(46)40(19-6-2)23(3)4)37(31)20-26(38)32(30)48-37/h5-6,8-17,23,26-28,30-33,42H,1-2,7,18-22H2,3-4H3,(H,39,44)/t26?,27-,28-,30+,31-,32+,33+,37-/m1/s1. The molecule has 0 aliphatic carbocycles. The predicted molar refractivity (Wildman–Crippen MR) is 184 cm³/mol. The Morgan fingerprint density at radius 3 is 2.33 bits per heavy atom. The van der Waals surface area contributed by atoms with Crippen molar-refractivity contribution in [3.05, 3.63) is 97.1 Å². The quantitative estimate of drug-likeness (QED) is 0.160. The lowest BCUT2D eigenvalue weighted by molar-refractivity contribution is -0.152. The molecular weight excluding hydrogens is 678 g/mol. The molecular formula is C37H44BrN3O7. The van der Waals surface area contributed by atoms with E-state index in [1.807, 2.05) is 74.5 Å². The highest BCUT2D eigenvalue weighted by Gasteiger charge is 2.77. The molecule has 8 atom stereocenters. The average Bonchev–Trinajstić information content (AvgIpc) is 3.68. The summed E-state index contributed by atoms with van der Waals surface area (Å²) in [7, 11) is 0. The van der Waals surface area contributed by atoms with Gasteiger partial charge in [0.25, 0.3) is 0 Å². The SMILES string of the molecule is C=CCCC(=O)OC[C@@H](NC(=O)[C@@H]1[C@H]2O[C@@]3(CC2Br)[C@H](C(=O)N(CC=C)C(C)C)N([C@H](CO)c2ccccc2)C(=O)[C@@H]13)c1ccccc1. The summed E-state index contributed by atoms with van der Waals surface area (Å²) in [4.78, 5) is 59.0. The van der Waals surface area contributed by atoms with Gasteiger partial charge in [0.1, 0.15) is 18.2 Å². The van der Waals surface area contributed by atoms with Gasteiger partial charge in [0.05, 0.1) is 36.6 Å². The molecule has 48 heavy (non-hydrogen) atoms. The van der Waals surface area contributed by atoms with Crippen LogP contribution in [0.25, 0.3) is 0 Å². The highest BCUT2D eigenvalue weighted by Crippen LogP contribution is 2.61. The summed E-state index contributed by atoms with van der Waals surface area (Å²) in [5, 5.41) is 13.8. The van der Waals surface area contributed by atoms with Crippen LogP contribution in [0.2, 0.25) is 0 Å². The summed E-state index contributed by atoms with van der Waals surface area (Å²) in [5.74, 6) is -3.56. The largest absolute Gasteiger partial charge is 0.463 e. The molecule has 1 spiro atoms. The first kappa shape index (κ1) is 35.5. The van der Waals surface area contributed by atoms with Crippen molar-refractivity contribution < 1.29 is 33.8 Å². The van der Waals surface area contributed by atoms with E-state index in [9.17, 15) is 24.3 Å². The third kappa shape index (κ3) is 6.60. The van der Waals surface area contributed by atoms with Crippen LogP contribution in [0.3, 0.4) is 0 Å². The van der Waals surface area contributed by atoms with Crippen molar-refractivity contribution in [2.75, 3.05) is 19.8 Å². The number of ether oxygens (including phenoxy) is 2. The third-order valence-corrected chi connectivity index (χ3v) is 10.5. The number of allylic oxidation sites excluding steroid dienone is 1. The maximum absolute atomic E-state index is 14.8. The number of carbonyl (C=O) groups excluding carboxylic acids is 4. The van der Waals surface area contributed by atoms with E-state index in [0.29, 0.717) is 18.4 Å². The van der Waals surface area contributed by atoms with Crippen molar-refractivity contribution in [1.82, 2.24) is 15.1 Å². The molecule has 10 nitrogen and oxygen atoms in total. The normalized spacial score (nSPS) is 26.9. The van der Waals surface area contributed by atoms with E-state index in [-0.39, 0.29) is 36.3 Å². The molecule has 2 bridgehead atoms. The molecule has 3 amide bonds. The van der Waals surface area contributed by atoms with Crippen LogP contribution in [0, 0.1) is 11.8 Å². The number of fused-ring (bicyclic) bond motifs is 1. The first-order chi connectivity index (χ1) is 23.1. The van der Waals surface area contributed by atoms with Crippen LogP contribution >= 0.6 is 15.9 Å². The van der Waals surface area contributed by atoms with Gasteiger partial charge in [0.15, 0.2) is 0 Å². The number of rotatable bonds is 15. The van der Waals surface area contributed by atoms with Gasteiger partial charge in [-0.25, -0.2) is 0 Å². The van der Waals surface area contributed by atoms with E-state index in [2.05, 4.69) is 34.4 Å². The fraction of sp³-hybridized carbons (Fsp3) is 0.459. The fourth-order valence-corrected chi connectivity index (χ4v) is 8.45. The number of amides is 3. The Morgan fingerprint density at radius 2 is 1.75 bits per heavy atom. The van der Waals surface area contributed by atoms with E-state index in [1.165, 1.54) is 4.90 Å². The molecule has 3 saturated heterocycles. The van der Waals surface area contributed by atoms with Crippen LogP contribution in [0.5, 0.6) is 0 Å². The van der Waals surface area contributed by atoms with E-state index in [4.69, 9.17) is 9.47 Å². The predicted octanol–water partition coefficient (Wildman–Crippen LogP) is 4.26. The number of nitrogens with one attached hydrogen (secondary N) is 1. The molecule has 2 aromatic rings. The van der Waals surface area contributed by atoms with Crippen molar-refractivity contribution in [2.45, 2.75) is 73.8 Å². The van der Waals surface area contributed by atoms with Crippen molar-refractivity contribution >= 4 is 39.6 Å². The highest BCUT2D eigenvalue weighted by atomic mass is 79.9. The zero-order chi connectivity index (χ0) is 34.6. The van der Waals surface area contributed by atoms with Gasteiger partial charge in [-0.05, 0) is 37.8 Å². The molecule has 3 heterocycles. The molecule has 2 N–H and O–H groups in total. The van der Waals surface area contributed by atoms with Gasteiger partial charge < -0.3 is 29.7 Å². The summed E-state index contributed by atoms with van der Waals surface area (Å²) in [6, 6.07) is 15.4. The first-order valence-electron chi connectivity index (χ1n) is 16.4. The molecule has 256 valence electrons. The van der Waals surface area contributed by atoms with Crippen molar-refractivity contribution in [3.63, 3.8) is 0 Å². The number of benzene rings is 2. The Bertz CT molecular complexity index is 1500. The minimum absolute atomic E-state index is 0.107. The number of carbonyl (C=O) groups is 4. The zero-order valence-corrected chi connectivity index (χ0v) is 29.0. The van der Waals surface area contributed by atoms with Gasteiger partial charge in [-0.15, -0.1) is 13.2 Å². The number of esters is 1. The van der Waals surface area contributed by atoms with Crippen LogP contribution < -0.4 is 5.32 Å². The summed E-state index contributed by atoms with van der Waals surface area (Å²) in [6.07, 6.45) is 3.53. The van der Waals surface area contributed by atoms with E-state index >= 15 is 0 Å². The van der Waals surface area contributed by atoms with Crippen LogP contribution in [-0.4, -0.2) is 87.0 Å². The molecule has 1 unspecified atom stereocenters. The second kappa shape index (κ2) is 15.2. The highest BCUT2D eigenvalue weighted by molar-refractivity contribution is 9.09. The van der Waals surface area contributed by atoms with Crippen LogP contribution in [0.15, 0.2) is 86.0 Å². The topological polar surface area (TPSA) is 125 Å². The van der Waals surface area contributed by atoms with Gasteiger partial charge in [-0.2, -0.15) is 0 Å². The van der Waals surface area contributed by atoms with E-state index in [0.717, 1.165) is 5.56 Å². The molecule has 3 fully saturated rings. The summed E-state index contributed by atoms with van der Waals surface area (Å²) in [6.45, 7) is 11.0. The molecule has 11 heteroatoms. The molecule has 3 aliphatic rings.